The fourth-order valence-corrected chi connectivity index (χ4v) is 1.48. The molecule has 14 heavy (non-hydrogen) atoms. The highest BCUT2D eigenvalue weighted by atomic mass is 35.5. The van der Waals surface area contributed by atoms with Crippen LogP contribution in [0.1, 0.15) is 12.6 Å². The Morgan fingerprint density at radius 1 is 1.36 bits per heavy atom. The fraction of sp³-hybridized carbons (Fsp3) is 0.200. The molecule has 0 aromatic carbocycles. The van der Waals surface area contributed by atoms with E-state index in [-0.39, 0.29) is 0 Å². The lowest BCUT2D eigenvalue weighted by atomic mass is 10.3. The molecule has 0 amide bonds. The molecule has 0 atom stereocenters. The van der Waals surface area contributed by atoms with Crippen LogP contribution in [-0.2, 0) is 6.42 Å². The van der Waals surface area contributed by atoms with Crippen LogP contribution in [0.2, 0.25) is 5.15 Å². The fourth-order valence-electron chi connectivity index (χ4n) is 1.32. The number of pyridine rings is 1. The molecule has 0 aliphatic heterocycles. The second-order valence-corrected chi connectivity index (χ2v) is 3.29. The lowest BCUT2D eigenvalue weighted by Gasteiger charge is -2.04. The molecule has 0 unspecified atom stereocenters. The maximum absolute atomic E-state index is 5.81. The number of aryl methyl sites for hydroxylation is 1. The van der Waals surface area contributed by atoms with Gasteiger partial charge in [-0.3, -0.25) is 0 Å². The summed E-state index contributed by atoms with van der Waals surface area (Å²) in [5.41, 5.74) is 1.12. The quantitative estimate of drug-likeness (QED) is 0.709. The summed E-state index contributed by atoms with van der Waals surface area (Å²) in [6, 6.07) is 7.48. The molecule has 0 saturated heterocycles. The Hall–Kier alpha value is -1.35. The normalized spacial score (nSPS) is 10.4. The van der Waals surface area contributed by atoms with Gasteiger partial charge in [-0.05, 0) is 24.6 Å². The van der Waals surface area contributed by atoms with Crippen LogP contribution in [0.15, 0.2) is 30.5 Å². The first-order valence-corrected chi connectivity index (χ1v) is 4.85. The van der Waals surface area contributed by atoms with Gasteiger partial charge in [-0.15, -0.1) is 0 Å². The summed E-state index contributed by atoms with van der Waals surface area (Å²) in [5.74, 6) is 0.763. The van der Waals surface area contributed by atoms with Crippen LogP contribution in [0.25, 0.3) is 5.82 Å². The molecule has 4 heteroatoms. The van der Waals surface area contributed by atoms with Gasteiger partial charge in [0, 0.05) is 11.9 Å². The summed E-state index contributed by atoms with van der Waals surface area (Å²) < 4.78 is 1.80. The first-order chi connectivity index (χ1) is 6.81. The van der Waals surface area contributed by atoms with Gasteiger partial charge in [-0.25, -0.2) is 9.67 Å². The molecule has 2 aromatic heterocycles. The smallest absolute Gasteiger partial charge is 0.155 e. The molecule has 0 saturated carbocycles. The Balaban J connectivity index is 2.49. The molecular formula is C10H10ClN3. The minimum atomic E-state index is 0.486. The number of aromatic nitrogens is 3. The van der Waals surface area contributed by atoms with Crippen molar-refractivity contribution in [3.05, 3.63) is 41.3 Å². The van der Waals surface area contributed by atoms with Gasteiger partial charge in [0.2, 0.25) is 0 Å². The largest absolute Gasteiger partial charge is 0.219 e. The first kappa shape index (κ1) is 9.21. The molecule has 0 spiro atoms. The number of rotatable bonds is 2. The molecular weight excluding hydrogens is 198 g/mol. The number of hydrogen-bond donors (Lipinski definition) is 0. The van der Waals surface area contributed by atoms with Gasteiger partial charge in [0.15, 0.2) is 5.82 Å². The number of hydrogen-bond acceptors (Lipinski definition) is 2. The molecule has 0 aliphatic rings. The van der Waals surface area contributed by atoms with E-state index in [1.165, 1.54) is 0 Å². The van der Waals surface area contributed by atoms with Gasteiger partial charge in [0.25, 0.3) is 0 Å². The minimum Gasteiger partial charge on any atom is -0.219 e. The second kappa shape index (κ2) is 3.80. The van der Waals surface area contributed by atoms with Gasteiger partial charge < -0.3 is 0 Å². The Labute approximate surface area is 87.3 Å². The summed E-state index contributed by atoms with van der Waals surface area (Å²) in [6.45, 7) is 2.08. The van der Waals surface area contributed by atoms with E-state index in [9.17, 15) is 0 Å². The molecule has 2 heterocycles. The monoisotopic (exact) mass is 207 g/mol. The summed E-state index contributed by atoms with van der Waals surface area (Å²) in [6.07, 6.45) is 2.69. The topological polar surface area (TPSA) is 30.7 Å². The third kappa shape index (κ3) is 1.63. The van der Waals surface area contributed by atoms with Crippen molar-refractivity contribution in [1.29, 1.82) is 0 Å². The molecule has 2 rings (SSSR count). The summed E-state index contributed by atoms with van der Waals surface area (Å²) in [5, 5.41) is 4.68. The van der Waals surface area contributed by atoms with Crippen molar-refractivity contribution in [2.75, 3.05) is 0 Å². The van der Waals surface area contributed by atoms with Gasteiger partial charge in [0.05, 0.1) is 0 Å². The van der Waals surface area contributed by atoms with Gasteiger partial charge in [-0.2, -0.15) is 5.10 Å². The number of halogens is 1. The van der Waals surface area contributed by atoms with Crippen molar-refractivity contribution < 1.29 is 0 Å². The third-order valence-electron chi connectivity index (χ3n) is 2.00. The highest BCUT2D eigenvalue weighted by molar-refractivity contribution is 6.29. The predicted molar refractivity (Wildman–Crippen MR) is 55.7 cm³/mol. The minimum absolute atomic E-state index is 0.486. The van der Waals surface area contributed by atoms with Crippen molar-refractivity contribution in [2.45, 2.75) is 13.3 Å². The standard InChI is InChI=1S/C10H10ClN3/c1-2-8-6-7-12-14(8)10-5-3-4-9(11)13-10/h3-7H,2H2,1H3. The Morgan fingerprint density at radius 2 is 2.21 bits per heavy atom. The predicted octanol–water partition coefficient (Wildman–Crippen LogP) is 2.48. The average Bonchev–Trinajstić information content (AvgIpc) is 2.65. The lowest BCUT2D eigenvalue weighted by molar-refractivity contribution is 0.790. The van der Waals surface area contributed by atoms with Crippen molar-refractivity contribution in [3.8, 4) is 5.82 Å². The summed E-state index contributed by atoms with van der Waals surface area (Å²) in [7, 11) is 0. The van der Waals surface area contributed by atoms with Crippen LogP contribution in [0, 0.1) is 0 Å². The second-order valence-electron chi connectivity index (χ2n) is 2.91. The van der Waals surface area contributed by atoms with Crippen LogP contribution in [0.4, 0.5) is 0 Å². The molecule has 0 radical (unpaired) electrons. The van der Waals surface area contributed by atoms with Crippen LogP contribution in [-0.4, -0.2) is 14.8 Å². The van der Waals surface area contributed by atoms with E-state index in [4.69, 9.17) is 11.6 Å². The van der Waals surface area contributed by atoms with E-state index in [0.29, 0.717) is 5.15 Å². The molecule has 0 aliphatic carbocycles. The molecule has 72 valence electrons. The van der Waals surface area contributed by atoms with Gasteiger partial charge >= 0.3 is 0 Å². The third-order valence-corrected chi connectivity index (χ3v) is 2.21. The molecule has 0 N–H and O–H groups in total. The van der Waals surface area contributed by atoms with E-state index < -0.39 is 0 Å². The van der Waals surface area contributed by atoms with E-state index in [1.807, 2.05) is 18.2 Å². The van der Waals surface area contributed by atoms with Crippen molar-refractivity contribution in [1.82, 2.24) is 14.8 Å². The van der Waals surface area contributed by atoms with Crippen molar-refractivity contribution >= 4 is 11.6 Å². The summed E-state index contributed by atoms with van der Waals surface area (Å²) >= 11 is 5.81. The average molecular weight is 208 g/mol. The zero-order valence-corrected chi connectivity index (χ0v) is 8.57. The number of nitrogens with zero attached hydrogens (tertiary/aromatic N) is 3. The zero-order valence-electron chi connectivity index (χ0n) is 7.81. The SMILES string of the molecule is CCc1ccnn1-c1cccc(Cl)n1. The van der Waals surface area contributed by atoms with E-state index in [0.717, 1.165) is 17.9 Å². The van der Waals surface area contributed by atoms with Gasteiger partial charge in [-0.1, -0.05) is 24.6 Å². The van der Waals surface area contributed by atoms with Crippen LogP contribution >= 0.6 is 11.6 Å². The summed E-state index contributed by atoms with van der Waals surface area (Å²) in [4.78, 5) is 4.19. The molecule has 3 nitrogen and oxygen atoms in total. The Morgan fingerprint density at radius 3 is 2.93 bits per heavy atom. The first-order valence-electron chi connectivity index (χ1n) is 4.47. The lowest BCUT2D eigenvalue weighted by Crippen LogP contribution is -2.03. The maximum atomic E-state index is 5.81. The van der Waals surface area contributed by atoms with Crippen LogP contribution in [0.5, 0.6) is 0 Å². The molecule has 0 fully saturated rings. The van der Waals surface area contributed by atoms with Crippen molar-refractivity contribution in [2.24, 2.45) is 0 Å². The molecule has 2 aromatic rings. The Kier molecular flexibility index (Phi) is 2.50. The van der Waals surface area contributed by atoms with Crippen LogP contribution in [0.3, 0.4) is 0 Å². The van der Waals surface area contributed by atoms with E-state index >= 15 is 0 Å². The van der Waals surface area contributed by atoms with E-state index in [1.54, 1.807) is 16.9 Å². The highest BCUT2D eigenvalue weighted by Gasteiger charge is 2.03. The highest BCUT2D eigenvalue weighted by Crippen LogP contribution is 2.11. The van der Waals surface area contributed by atoms with Gasteiger partial charge in [0.1, 0.15) is 5.15 Å². The zero-order chi connectivity index (χ0) is 9.97. The Bertz CT molecular complexity index is 436. The van der Waals surface area contributed by atoms with Crippen LogP contribution < -0.4 is 0 Å². The maximum Gasteiger partial charge on any atom is 0.155 e. The molecule has 0 bridgehead atoms. The van der Waals surface area contributed by atoms with E-state index in [2.05, 4.69) is 17.0 Å². The van der Waals surface area contributed by atoms with Crippen molar-refractivity contribution in [3.63, 3.8) is 0 Å².